The van der Waals surface area contributed by atoms with Crippen LogP contribution in [0.4, 0.5) is 11.6 Å². The zero-order chi connectivity index (χ0) is 15.6. The number of nitrogens with zero attached hydrogens (tertiary/aromatic N) is 5. The highest BCUT2D eigenvalue weighted by molar-refractivity contribution is 5.76. The number of hydrogen-bond donors (Lipinski definition) is 1. The minimum Gasteiger partial charge on any atom is -0.323 e. The van der Waals surface area contributed by atoms with Crippen LogP contribution < -0.4 is 5.32 Å². The van der Waals surface area contributed by atoms with Crippen molar-refractivity contribution in [2.24, 2.45) is 0 Å². The van der Waals surface area contributed by atoms with Gasteiger partial charge in [-0.1, -0.05) is 36.4 Å². The third kappa shape index (κ3) is 2.50. The fourth-order valence-corrected chi connectivity index (χ4v) is 2.40. The van der Waals surface area contributed by atoms with Crippen molar-refractivity contribution in [1.29, 1.82) is 0 Å². The van der Waals surface area contributed by atoms with Crippen LogP contribution in [0.15, 0.2) is 60.7 Å². The molecule has 0 saturated heterocycles. The van der Waals surface area contributed by atoms with E-state index in [4.69, 9.17) is 0 Å². The van der Waals surface area contributed by atoms with E-state index in [1.807, 2.05) is 67.6 Å². The Morgan fingerprint density at radius 2 is 1.57 bits per heavy atom. The molecule has 0 atom stereocenters. The maximum Gasteiger partial charge on any atom is 0.247 e. The van der Waals surface area contributed by atoms with Crippen LogP contribution in [0.2, 0.25) is 0 Å². The quantitative estimate of drug-likeness (QED) is 0.629. The SMILES string of the molecule is Cc1nn(-c2ccccc2)c2nnc(Nc3ccccc3)nc12. The predicted molar refractivity (Wildman–Crippen MR) is 88.9 cm³/mol. The number of aromatic nitrogens is 5. The molecule has 4 aromatic rings. The van der Waals surface area contributed by atoms with Gasteiger partial charge in [0.25, 0.3) is 0 Å². The average Bonchev–Trinajstić information content (AvgIpc) is 2.93. The van der Waals surface area contributed by atoms with Crippen molar-refractivity contribution < 1.29 is 0 Å². The monoisotopic (exact) mass is 302 g/mol. The summed E-state index contributed by atoms with van der Waals surface area (Å²) >= 11 is 0. The summed E-state index contributed by atoms with van der Waals surface area (Å²) in [6.45, 7) is 1.92. The van der Waals surface area contributed by atoms with Crippen LogP contribution in [0.25, 0.3) is 16.9 Å². The molecule has 0 amide bonds. The van der Waals surface area contributed by atoms with Gasteiger partial charge < -0.3 is 5.32 Å². The van der Waals surface area contributed by atoms with Crippen molar-refractivity contribution in [3.8, 4) is 5.69 Å². The third-order valence-electron chi connectivity index (χ3n) is 3.49. The number of hydrogen-bond acceptors (Lipinski definition) is 5. The molecule has 2 heterocycles. The predicted octanol–water partition coefficient (Wildman–Crippen LogP) is 3.26. The number of anilines is 2. The van der Waals surface area contributed by atoms with Crippen LogP contribution in [-0.4, -0.2) is 25.0 Å². The van der Waals surface area contributed by atoms with E-state index < -0.39 is 0 Å². The third-order valence-corrected chi connectivity index (χ3v) is 3.49. The second kappa shape index (κ2) is 5.49. The fourth-order valence-electron chi connectivity index (χ4n) is 2.40. The Kier molecular flexibility index (Phi) is 3.20. The molecule has 6 heteroatoms. The summed E-state index contributed by atoms with van der Waals surface area (Å²) in [5.74, 6) is 0.458. The number of fused-ring (bicyclic) bond motifs is 1. The van der Waals surface area contributed by atoms with E-state index in [-0.39, 0.29) is 0 Å². The summed E-state index contributed by atoms with van der Waals surface area (Å²) in [5, 5.41) is 16.2. The van der Waals surface area contributed by atoms with Crippen molar-refractivity contribution in [2.75, 3.05) is 5.32 Å². The van der Waals surface area contributed by atoms with Crippen molar-refractivity contribution in [3.63, 3.8) is 0 Å². The summed E-state index contributed by atoms with van der Waals surface area (Å²) in [4.78, 5) is 4.55. The molecule has 6 nitrogen and oxygen atoms in total. The van der Waals surface area contributed by atoms with E-state index in [1.165, 1.54) is 0 Å². The number of nitrogens with one attached hydrogen (secondary N) is 1. The van der Waals surface area contributed by atoms with Gasteiger partial charge in [-0.25, -0.2) is 9.67 Å². The molecule has 0 aliphatic rings. The number of para-hydroxylation sites is 2. The van der Waals surface area contributed by atoms with Crippen molar-refractivity contribution >= 4 is 22.8 Å². The Hall–Kier alpha value is -3.28. The van der Waals surface area contributed by atoms with Crippen molar-refractivity contribution in [3.05, 3.63) is 66.4 Å². The molecule has 1 N–H and O–H groups in total. The maximum atomic E-state index is 4.55. The molecular weight excluding hydrogens is 288 g/mol. The smallest absolute Gasteiger partial charge is 0.247 e. The average molecular weight is 302 g/mol. The van der Waals surface area contributed by atoms with E-state index in [1.54, 1.807) is 4.68 Å². The molecule has 0 fully saturated rings. The molecule has 0 unspecified atom stereocenters. The van der Waals surface area contributed by atoms with Gasteiger partial charge in [0, 0.05) is 5.69 Å². The van der Waals surface area contributed by atoms with E-state index >= 15 is 0 Å². The first-order valence-electron chi connectivity index (χ1n) is 7.29. The summed E-state index contributed by atoms with van der Waals surface area (Å²) in [6.07, 6.45) is 0. The second-order valence-electron chi connectivity index (χ2n) is 5.13. The van der Waals surface area contributed by atoms with Crippen LogP contribution >= 0.6 is 0 Å². The first-order valence-corrected chi connectivity index (χ1v) is 7.29. The molecule has 112 valence electrons. The Morgan fingerprint density at radius 1 is 0.870 bits per heavy atom. The first-order chi connectivity index (χ1) is 11.3. The highest BCUT2D eigenvalue weighted by Crippen LogP contribution is 2.20. The van der Waals surface area contributed by atoms with Gasteiger partial charge in [-0.2, -0.15) is 5.10 Å². The van der Waals surface area contributed by atoms with Gasteiger partial charge in [-0.05, 0) is 31.2 Å². The molecule has 23 heavy (non-hydrogen) atoms. The van der Waals surface area contributed by atoms with Gasteiger partial charge in [0.2, 0.25) is 11.6 Å². The normalized spacial score (nSPS) is 10.8. The van der Waals surface area contributed by atoms with E-state index in [0.717, 1.165) is 22.6 Å². The standard InChI is InChI=1S/C17H14N6/c1-12-15-16(23(22-12)14-10-6-3-7-11-14)20-21-17(19-15)18-13-8-4-2-5-9-13/h2-11H,1H3,(H,18,19,21). The molecular formula is C17H14N6. The van der Waals surface area contributed by atoms with Gasteiger partial charge in [-0.3, -0.25) is 0 Å². The fraction of sp³-hybridized carbons (Fsp3) is 0.0588. The lowest BCUT2D eigenvalue weighted by Crippen LogP contribution is -2.02. The number of rotatable bonds is 3. The van der Waals surface area contributed by atoms with Crippen LogP contribution in [0.5, 0.6) is 0 Å². The van der Waals surface area contributed by atoms with Gasteiger partial charge in [-0.15, -0.1) is 10.2 Å². The number of aryl methyl sites for hydroxylation is 1. The Morgan fingerprint density at radius 3 is 2.30 bits per heavy atom. The molecule has 0 aliphatic heterocycles. The Bertz CT molecular complexity index is 947. The highest BCUT2D eigenvalue weighted by Gasteiger charge is 2.13. The van der Waals surface area contributed by atoms with E-state index in [2.05, 4.69) is 25.6 Å². The Balaban J connectivity index is 1.77. The number of benzene rings is 2. The van der Waals surface area contributed by atoms with Crippen molar-refractivity contribution in [2.45, 2.75) is 6.92 Å². The largest absolute Gasteiger partial charge is 0.323 e. The minimum absolute atomic E-state index is 0.458. The lowest BCUT2D eigenvalue weighted by atomic mass is 10.3. The molecule has 0 saturated carbocycles. The Labute approximate surface area is 132 Å². The van der Waals surface area contributed by atoms with Crippen LogP contribution in [0, 0.1) is 6.92 Å². The van der Waals surface area contributed by atoms with Gasteiger partial charge in [0.15, 0.2) is 0 Å². The zero-order valence-electron chi connectivity index (χ0n) is 12.5. The molecule has 0 bridgehead atoms. The van der Waals surface area contributed by atoms with E-state index in [0.29, 0.717) is 11.6 Å². The lowest BCUT2D eigenvalue weighted by molar-refractivity contribution is 0.863. The van der Waals surface area contributed by atoms with Crippen LogP contribution in [0.1, 0.15) is 5.69 Å². The van der Waals surface area contributed by atoms with Gasteiger partial charge in [0.1, 0.15) is 5.52 Å². The van der Waals surface area contributed by atoms with Gasteiger partial charge in [0.05, 0.1) is 11.4 Å². The molecule has 2 aromatic heterocycles. The maximum absolute atomic E-state index is 4.55. The highest BCUT2D eigenvalue weighted by atomic mass is 15.4. The first kappa shape index (κ1) is 13.4. The zero-order valence-corrected chi connectivity index (χ0v) is 12.5. The van der Waals surface area contributed by atoms with E-state index in [9.17, 15) is 0 Å². The lowest BCUT2D eigenvalue weighted by Gasteiger charge is -2.04. The summed E-state index contributed by atoms with van der Waals surface area (Å²) in [5.41, 5.74) is 4.05. The van der Waals surface area contributed by atoms with Crippen LogP contribution in [0.3, 0.4) is 0 Å². The van der Waals surface area contributed by atoms with Gasteiger partial charge >= 0.3 is 0 Å². The topological polar surface area (TPSA) is 68.5 Å². The molecule has 4 rings (SSSR count). The van der Waals surface area contributed by atoms with Crippen molar-refractivity contribution in [1.82, 2.24) is 25.0 Å². The molecule has 2 aromatic carbocycles. The minimum atomic E-state index is 0.458. The summed E-state index contributed by atoms with van der Waals surface area (Å²) < 4.78 is 1.76. The second-order valence-corrected chi connectivity index (χ2v) is 5.13. The summed E-state index contributed by atoms with van der Waals surface area (Å²) in [6, 6.07) is 19.6. The molecule has 0 aliphatic carbocycles. The van der Waals surface area contributed by atoms with Crippen LogP contribution in [-0.2, 0) is 0 Å². The molecule has 0 spiro atoms. The molecule has 0 radical (unpaired) electrons. The summed E-state index contributed by atoms with van der Waals surface area (Å²) in [7, 11) is 0.